The number of fused-ring (bicyclic) bond motifs is 1. The van der Waals surface area contributed by atoms with E-state index in [9.17, 15) is 4.79 Å². The molecule has 1 saturated heterocycles. The van der Waals surface area contributed by atoms with Gasteiger partial charge in [0, 0.05) is 23.9 Å². The highest BCUT2D eigenvalue weighted by molar-refractivity contribution is 7.18. The van der Waals surface area contributed by atoms with Crippen molar-refractivity contribution in [1.29, 1.82) is 0 Å². The highest BCUT2D eigenvalue weighted by Gasteiger charge is 2.27. The van der Waals surface area contributed by atoms with Crippen LogP contribution in [0.2, 0.25) is 0 Å². The number of benzene rings is 1. The Kier molecular flexibility index (Phi) is 4.61. The van der Waals surface area contributed by atoms with Gasteiger partial charge in [0.1, 0.15) is 0 Å². The van der Waals surface area contributed by atoms with Crippen LogP contribution < -0.4 is 0 Å². The molecule has 4 rings (SSSR count). The van der Waals surface area contributed by atoms with Crippen molar-refractivity contribution in [2.75, 3.05) is 13.1 Å². The number of likely N-dealkylation sites (tertiary alicyclic amines) is 1. The smallest absolute Gasteiger partial charge is 0.263 e. The third kappa shape index (κ3) is 3.23. The molecule has 0 saturated carbocycles. The Bertz CT molecular complexity index is 870. The summed E-state index contributed by atoms with van der Waals surface area (Å²) in [5.41, 5.74) is 2.35. The molecule has 1 aromatic carbocycles. The molecule has 0 atom stereocenters. The minimum absolute atomic E-state index is 0.204. The number of amides is 1. The van der Waals surface area contributed by atoms with Crippen LogP contribution in [0.15, 0.2) is 30.3 Å². The van der Waals surface area contributed by atoms with E-state index in [4.69, 9.17) is 4.98 Å². The van der Waals surface area contributed by atoms with Gasteiger partial charge < -0.3 is 4.90 Å². The minimum Gasteiger partial charge on any atom is -0.338 e. The molecule has 0 N–H and O–H groups in total. The number of nitrogens with zero attached hydrogens (tertiary/aromatic N) is 2. The molecule has 3 nitrogen and oxygen atoms in total. The zero-order valence-corrected chi connectivity index (χ0v) is 16.3. The topological polar surface area (TPSA) is 33.2 Å². The lowest BCUT2D eigenvalue weighted by atomic mass is 9.97. The fourth-order valence-electron chi connectivity index (χ4n) is 3.53. The number of aromatic nitrogens is 1. The zero-order valence-electron chi connectivity index (χ0n) is 14.6. The number of hydrogen-bond donors (Lipinski definition) is 0. The molecule has 1 amide bonds. The lowest BCUT2D eigenvalue weighted by Gasteiger charge is -2.30. The van der Waals surface area contributed by atoms with E-state index >= 15 is 0 Å². The number of piperidine rings is 1. The number of thiophene rings is 1. The molecule has 0 spiro atoms. The Morgan fingerprint density at radius 2 is 2.00 bits per heavy atom. The molecule has 0 aliphatic carbocycles. The van der Waals surface area contributed by atoms with Crippen LogP contribution in [-0.2, 0) is 6.42 Å². The van der Waals surface area contributed by atoms with E-state index in [1.54, 1.807) is 22.7 Å². The molecule has 2 aromatic heterocycles. The van der Waals surface area contributed by atoms with Gasteiger partial charge in [-0.05, 0) is 49.9 Å². The Balaban J connectivity index is 1.44. The Morgan fingerprint density at radius 3 is 2.68 bits per heavy atom. The van der Waals surface area contributed by atoms with E-state index in [0.29, 0.717) is 5.92 Å². The van der Waals surface area contributed by atoms with Crippen molar-refractivity contribution in [3.63, 3.8) is 0 Å². The summed E-state index contributed by atoms with van der Waals surface area (Å²) < 4.78 is 1.26. The predicted octanol–water partition coefficient (Wildman–Crippen LogP) is 5.25. The van der Waals surface area contributed by atoms with Crippen molar-refractivity contribution < 1.29 is 4.79 Å². The second-order valence-corrected chi connectivity index (χ2v) is 8.86. The third-order valence-electron chi connectivity index (χ3n) is 4.99. The van der Waals surface area contributed by atoms with Gasteiger partial charge in [0.25, 0.3) is 5.91 Å². The SMILES string of the molecule is CCc1sc(C(=O)N2CCC(c3nc4ccccc4s3)CC2)cc1C. The van der Waals surface area contributed by atoms with Crippen LogP contribution in [0, 0.1) is 6.92 Å². The highest BCUT2D eigenvalue weighted by Crippen LogP contribution is 2.34. The van der Waals surface area contributed by atoms with Gasteiger partial charge in [-0.2, -0.15) is 0 Å². The second kappa shape index (κ2) is 6.89. The summed E-state index contributed by atoms with van der Waals surface area (Å²) in [6, 6.07) is 10.4. The van der Waals surface area contributed by atoms with E-state index in [0.717, 1.165) is 42.7 Å². The molecule has 3 aromatic rings. The van der Waals surface area contributed by atoms with Gasteiger partial charge in [0.05, 0.1) is 20.1 Å². The average Bonchev–Trinajstić information content (AvgIpc) is 3.24. The summed E-state index contributed by atoms with van der Waals surface area (Å²) in [5.74, 6) is 0.688. The minimum atomic E-state index is 0.204. The summed E-state index contributed by atoms with van der Waals surface area (Å²) in [4.78, 5) is 21.8. The maximum Gasteiger partial charge on any atom is 0.263 e. The lowest BCUT2D eigenvalue weighted by molar-refractivity contribution is 0.0718. The van der Waals surface area contributed by atoms with Gasteiger partial charge >= 0.3 is 0 Å². The number of thiazole rings is 1. The first kappa shape index (κ1) is 16.7. The molecule has 1 fully saturated rings. The quantitative estimate of drug-likeness (QED) is 0.631. The van der Waals surface area contributed by atoms with Crippen molar-refractivity contribution in [3.8, 4) is 0 Å². The summed E-state index contributed by atoms with van der Waals surface area (Å²) >= 11 is 3.47. The summed E-state index contributed by atoms with van der Waals surface area (Å²) in [7, 11) is 0. The Labute approximate surface area is 156 Å². The number of rotatable bonds is 3. The van der Waals surface area contributed by atoms with Crippen molar-refractivity contribution in [1.82, 2.24) is 9.88 Å². The number of aryl methyl sites for hydroxylation is 2. The van der Waals surface area contributed by atoms with E-state index in [1.165, 1.54) is 20.1 Å². The molecular weight excluding hydrogens is 348 g/mol. The maximum atomic E-state index is 12.8. The summed E-state index contributed by atoms with van der Waals surface area (Å²) in [6.45, 7) is 5.91. The first-order valence-corrected chi connectivity index (χ1v) is 10.5. The van der Waals surface area contributed by atoms with Crippen LogP contribution >= 0.6 is 22.7 Å². The van der Waals surface area contributed by atoms with Crippen LogP contribution in [0.3, 0.4) is 0 Å². The largest absolute Gasteiger partial charge is 0.338 e. The summed E-state index contributed by atoms with van der Waals surface area (Å²) in [6.07, 6.45) is 3.02. The summed E-state index contributed by atoms with van der Waals surface area (Å²) in [5, 5.41) is 1.23. The normalized spacial score (nSPS) is 15.8. The standard InChI is InChI=1S/C20H22N2OS2/c1-3-16-13(2)12-18(24-16)20(23)22-10-8-14(9-11-22)19-21-15-6-4-5-7-17(15)25-19/h4-7,12,14H,3,8-11H2,1-2H3. The molecule has 130 valence electrons. The number of hydrogen-bond acceptors (Lipinski definition) is 4. The number of carbonyl (C=O) groups is 1. The molecule has 0 unspecified atom stereocenters. The molecule has 0 bridgehead atoms. The maximum absolute atomic E-state index is 12.8. The second-order valence-electron chi connectivity index (χ2n) is 6.66. The first-order chi connectivity index (χ1) is 12.2. The number of carbonyl (C=O) groups excluding carboxylic acids is 1. The molecule has 0 radical (unpaired) electrons. The van der Waals surface area contributed by atoms with Crippen LogP contribution in [0.1, 0.15) is 50.8 Å². The van der Waals surface area contributed by atoms with Gasteiger partial charge in [-0.1, -0.05) is 19.1 Å². The first-order valence-electron chi connectivity index (χ1n) is 8.89. The van der Waals surface area contributed by atoms with Crippen LogP contribution in [0.5, 0.6) is 0 Å². The molecule has 1 aliphatic heterocycles. The Hall–Kier alpha value is -1.72. The monoisotopic (exact) mass is 370 g/mol. The Morgan fingerprint density at radius 1 is 1.24 bits per heavy atom. The van der Waals surface area contributed by atoms with Crippen LogP contribution in [-0.4, -0.2) is 28.9 Å². The van der Waals surface area contributed by atoms with Gasteiger partial charge in [0.2, 0.25) is 0 Å². The number of para-hydroxylation sites is 1. The lowest BCUT2D eigenvalue weighted by Crippen LogP contribution is -2.37. The van der Waals surface area contributed by atoms with Crippen molar-refractivity contribution >= 4 is 38.8 Å². The van der Waals surface area contributed by atoms with Crippen molar-refractivity contribution in [2.45, 2.75) is 39.0 Å². The molecular formula is C20H22N2OS2. The predicted molar refractivity (Wildman–Crippen MR) is 106 cm³/mol. The fourth-order valence-corrected chi connectivity index (χ4v) is 5.74. The highest BCUT2D eigenvalue weighted by atomic mass is 32.1. The fraction of sp³-hybridized carbons (Fsp3) is 0.400. The van der Waals surface area contributed by atoms with Crippen LogP contribution in [0.25, 0.3) is 10.2 Å². The van der Waals surface area contributed by atoms with Crippen LogP contribution in [0.4, 0.5) is 0 Å². The molecule has 1 aliphatic rings. The zero-order chi connectivity index (χ0) is 17.4. The van der Waals surface area contributed by atoms with Gasteiger partial charge in [-0.25, -0.2) is 4.98 Å². The van der Waals surface area contributed by atoms with Crippen molar-refractivity contribution in [2.24, 2.45) is 0 Å². The van der Waals surface area contributed by atoms with E-state index < -0.39 is 0 Å². The van der Waals surface area contributed by atoms with E-state index in [2.05, 4.69) is 38.1 Å². The van der Waals surface area contributed by atoms with E-state index in [-0.39, 0.29) is 5.91 Å². The molecule has 25 heavy (non-hydrogen) atoms. The molecule has 3 heterocycles. The van der Waals surface area contributed by atoms with Crippen molar-refractivity contribution in [3.05, 3.63) is 50.7 Å². The van der Waals surface area contributed by atoms with E-state index in [1.807, 2.05) is 11.0 Å². The van der Waals surface area contributed by atoms with Gasteiger partial charge in [-0.3, -0.25) is 4.79 Å². The van der Waals surface area contributed by atoms with Gasteiger partial charge in [-0.15, -0.1) is 22.7 Å². The van der Waals surface area contributed by atoms with Gasteiger partial charge in [0.15, 0.2) is 0 Å². The third-order valence-corrected chi connectivity index (χ3v) is 7.56. The average molecular weight is 371 g/mol. The molecule has 5 heteroatoms.